The molecule has 4 aromatic rings. The fourth-order valence-corrected chi connectivity index (χ4v) is 3.56. The Balaban J connectivity index is 1.67. The van der Waals surface area contributed by atoms with Crippen molar-refractivity contribution in [2.24, 2.45) is 0 Å². The van der Waals surface area contributed by atoms with Crippen LogP contribution in [-0.2, 0) is 0 Å². The van der Waals surface area contributed by atoms with Crippen LogP contribution in [0.25, 0.3) is 22.8 Å². The maximum Gasteiger partial charge on any atom is 0.348 e. The van der Waals surface area contributed by atoms with E-state index in [1.807, 2.05) is 32.0 Å². The standard InChI is InChI=1S/C25H22Cl2N4O3/c1-15(26)14-33-18-11-9-17(10-12-18)23-29-24(31-25(32)30-23)22-19(27)6-5-8-21(22)34-16(2)20-7-3-4-13-28-20/h3-13,15-16H,14H2,1-2H3,(H,29,30,31,32). The molecule has 2 aromatic carbocycles. The predicted octanol–water partition coefficient (Wildman–Crippen LogP) is 5.69. The van der Waals surface area contributed by atoms with Gasteiger partial charge in [0.15, 0.2) is 5.82 Å². The normalized spacial score (nSPS) is 12.7. The van der Waals surface area contributed by atoms with E-state index in [1.54, 1.807) is 48.7 Å². The summed E-state index contributed by atoms with van der Waals surface area (Å²) in [6.45, 7) is 4.12. The van der Waals surface area contributed by atoms with Gasteiger partial charge in [0.05, 0.1) is 21.7 Å². The van der Waals surface area contributed by atoms with Crippen LogP contribution in [0.5, 0.6) is 11.5 Å². The van der Waals surface area contributed by atoms with Crippen molar-refractivity contribution in [1.82, 2.24) is 19.9 Å². The molecule has 34 heavy (non-hydrogen) atoms. The third-order valence-electron chi connectivity index (χ3n) is 4.86. The van der Waals surface area contributed by atoms with Gasteiger partial charge >= 0.3 is 5.69 Å². The number of ether oxygens (including phenoxy) is 2. The van der Waals surface area contributed by atoms with Crippen molar-refractivity contribution in [3.8, 4) is 34.3 Å². The molecule has 2 heterocycles. The predicted molar refractivity (Wildman–Crippen MR) is 133 cm³/mol. The monoisotopic (exact) mass is 496 g/mol. The van der Waals surface area contributed by atoms with Gasteiger partial charge in [-0.25, -0.2) is 9.78 Å². The summed E-state index contributed by atoms with van der Waals surface area (Å²) >= 11 is 12.5. The minimum absolute atomic E-state index is 0.106. The second-order valence-electron chi connectivity index (χ2n) is 7.57. The highest BCUT2D eigenvalue weighted by Gasteiger charge is 2.18. The highest BCUT2D eigenvalue weighted by atomic mass is 35.5. The van der Waals surface area contributed by atoms with E-state index in [0.717, 1.165) is 5.69 Å². The molecule has 0 radical (unpaired) electrons. The Morgan fingerprint density at radius 2 is 1.79 bits per heavy atom. The number of benzene rings is 2. The molecule has 0 amide bonds. The molecule has 0 saturated carbocycles. The molecular formula is C25H22Cl2N4O3. The van der Waals surface area contributed by atoms with Gasteiger partial charge in [0.1, 0.15) is 30.0 Å². The zero-order valence-electron chi connectivity index (χ0n) is 18.5. The Kier molecular flexibility index (Phi) is 7.45. The molecule has 2 atom stereocenters. The summed E-state index contributed by atoms with van der Waals surface area (Å²) in [7, 11) is 0. The summed E-state index contributed by atoms with van der Waals surface area (Å²) < 4.78 is 11.8. The van der Waals surface area contributed by atoms with E-state index in [4.69, 9.17) is 32.7 Å². The van der Waals surface area contributed by atoms with E-state index >= 15 is 0 Å². The van der Waals surface area contributed by atoms with Crippen molar-refractivity contribution >= 4 is 23.2 Å². The summed E-state index contributed by atoms with van der Waals surface area (Å²) in [5.41, 5.74) is 1.31. The zero-order chi connectivity index (χ0) is 24.1. The summed E-state index contributed by atoms with van der Waals surface area (Å²) in [5.74, 6) is 1.62. The van der Waals surface area contributed by atoms with Crippen LogP contribution >= 0.6 is 23.2 Å². The first-order valence-corrected chi connectivity index (χ1v) is 11.4. The average Bonchev–Trinajstić information content (AvgIpc) is 2.83. The van der Waals surface area contributed by atoms with Crippen molar-refractivity contribution in [2.75, 3.05) is 6.61 Å². The number of hydrogen-bond acceptors (Lipinski definition) is 6. The van der Waals surface area contributed by atoms with Crippen LogP contribution in [0.3, 0.4) is 0 Å². The minimum atomic E-state index is -0.556. The molecule has 174 valence electrons. The zero-order valence-corrected chi connectivity index (χ0v) is 20.0. The number of aromatic nitrogens is 4. The van der Waals surface area contributed by atoms with Crippen molar-refractivity contribution in [3.63, 3.8) is 0 Å². The molecule has 0 spiro atoms. The first-order valence-electron chi connectivity index (χ1n) is 10.6. The largest absolute Gasteiger partial charge is 0.492 e. The number of pyridine rings is 1. The van der Waals surface area contributed by atoms with Crippen LogP contribution in [-0.4, -0.2) is 31.9 Å². The summed E-state index contributed by atoms with van der Waals surface area (Å²) in [4.78, 5) is 28.0. The molecule has 0 saturated heterocycles. The number of nitrogens with zero attached hydrogens (tertiary/aromatic N) is 3. The fourth-order valence-electron chi connectivity index (χ4n) is 3.24. The molecule has 7 nitrogen and oxygen atoms in total. The second-order valence-corrected chi connectivity index (χ2v) is 8.72. The van der Waals surface area contributed by atoms with Gasteiger partial charge in [0.2, 0.25) is 0 Å². The van der Waals surface area contributed by atoms with Crippen molar-refractivity contribution in [1.29, 1.82) is 0 Å². The lowest BCUT2D eigenvalue weighted by molar-refractivity contribution is 0.223. The van der Waals surface area contributed by atoms with Crippen LogP contribution < -0.4 is 15.2 Å². The minimum Gasteiger partial charge on any atom is -0.492 e. The lowest BCUT2D eigenvalue weighted by atomic mass is 10.1. The van der Waals surface area contributed by atoms with Gasteiger partial charge in [-0.05, 0) is 62.4 Å². The summed E-state index contributed by atoms with van der Waals surface area (Å²) in [5, 5.41) is 0.274. The smallest absolute Gasteiger partial charge is 0.348 e. The lowest BCUT2D eigenvalue weighted by Gasteiger charge is -2.17. The molecule has 0 fully saturated rings. The molecule has 0 aliphatic carbocycles. The van der Waals surface area contributed by atoms with Crippen LogP contribution in [0.15, 0.2) is 71.7 Å². The molecule has 0 aliphatic heterocycles. The molecule has 0 bridgehead atoms. The first kappa shape index (κ1) is 23.7. The van der Waals surface area contributed by atoms with Gasteiger partial charge in [-0.2, -0.15) is 4.98 Å². The maximum absolute atomic E-state index is 12.4. The fraction of sp³-hybridized carbons (Fsp3) is 0.200. The molecule has 9 heteroatoms. The number of H-pyrrole nitrogens is 1. The van der Waals surface area contributed by atoms with Gasteiger partial charge in [-0.1, -0.05) is 23.7 Å². The Morgan fingerprint density at radius 3 is 2.50 bits per heavy atom. The van der Waals surface area contributed by atoms with E-state index in [-0.39, 0.29) is 23.1 Å². The van der Waals surface area contributed by atoms with Gasteiger partial charge in [0.25, 0.3) is 0 Å². The second kappa shape index (κ2) is 10.7. The average molecular weight is 497 g/mol. The van der Waals surface area contributed by atoms with Gasteiger partial charge in [0, 0.05) is 11.8 Å². The van der Waals surface area contributed by atoms with E-state index < -0.39 is 5.69 Å². The highest BCUT2D eigenvalue weighted by Crippen LogP contribution is 2.36. The van der Waals surface area contributed by atoms with Crippen LogP contribution in [0, 0.1) is 0 Å². The molecule has 4 rings (SSSR count). The third-order valence-corrected chi connectivity index (χ3v) is 5.30. The highest BCUT2D eigenvalue weighted by molar-refractivity contribution is 6.33. The summed E-state index contributed by atoms with van der Waals surface area (Å²) in [6, 6.07) is 18.0. The van der Waals surface area contributed by atoms with Crippen LogP contribution in [0.4, 0.5) is 0 Å². The van der Waals surface area contributed by atoms with E-state index in [0.29, 0.717) is 34.3 Å². The Labute approximate surface area is 206 Å². The first-order chi connectivity index (χ1) is 16.4. The van der Waals surface area contributed by atoms with E-state index in [9.17, 15) is 4.79 Å². The van der Waals surface area contributed by atoms with Crippen LogP contribution in [0.2, 0.25) is 5.02 Å². The Bertz CT molecular complexity index is 1310. The number of hydrogen-bond donors (Lipinski definition) is 1. The van der Waals surface area contributed by atoms with Crippen molar-refractivity contribution in [3.05, 3.63) is 88.1 Å². The summed E-state index contributed by atoms with van der Waals surface area (Å²) in [6.07, 6.45) is 1.35. The van der Waals surface area contributed by atoms with Gasteiger partial charge < -0.3 is 9.47 Å². The van der Waals surface area contributed by atoms with Crippen LogP contribution in [0.1, 0.15) is 25.6 Å². The SMILES string of the molecule is CC(Cl)COc1ccc(-c2nc(-c3c(Cl)cccc3OC(C)c3ccccn3)[nH]c(=O)n2)cc1. The molecule has 2 aromatic heterocycles. The molecule has 2 unspecified atom stereocenters. The number of alkyl halides is 1. The number of nitrogens with one attached hydrogen (secondary N) is 1. The third kappa shape index (κ3) is 5.73. The topological polar surface area (TPSA) is 90.0 Å². The van der Waals surface area contributed by atoms with Gasteiger partial charge in [-0.3, -0.25) is 9.97 Å². The molecule has 1 N–H and O–H groups in total. The van der Waals surface area contributed by atoms with Crippen molar-refractivity contribution < 1.29 is 9.47 Å². The lowest BCUT2D eigenvalue weighted by Crippen LogP contribution is -2.15. The number of aromatic amines is 1. The Hall–Kier alpha value is -3.42. The van der Waals surface area contributed by atoms with Gasteiger partial charge in [-0.15, -0.1) is 11.6 Å². The van der Waals surface area contributed by atoms with E-state index in [1.165, 1.54) is 0 Å². The molecule has 0 aliphatic rings. The van der Waals surface area contributed by atoms with Crippen molar-refractivity contribution in [2.45, 2.75) is 25.3 Å². The number of halogens is 2. The van der Waals surface area contributed by atoms with E-state index in [2.05, 4.69) is 19.9 Å². The Morgan fingerprint density at radius 1 is 1.00 bits per heavy atom. The molecular weight excluding hydrogens is 475 g/mol. The number of rotatable bonds is 8. The maximum atomic E-state index is 12.4. The quantitative estimate of drug-likeness (QED) is 0.315.